The van der Waals surface area contributed by atoms with Crippen molar-refractivity contribution in [3.05, 3.63) is 96.1 Å². The highest BCUT2D eigenvalue weighted by Crippen LogP contribution is 2.46. The fraction of sp³-hybridized carbons (Fsp3) is 0.296. The first kappa shape index (κ1) is 22.2. The van der Waals surface area contributed by atoms with Gasteiger partial charge in [-0.25, -0.2) is 0 Å². The van der Waals surface area contributed by atoms with Crippen LogP contribution in [0.5, 0.6) is 0 Å². The van der Waals surface area contributed by atoms with E-state index in [0.29, 0.717) is 21.6 Å². The molecule has 0 aliphatic heterocycles. The van der Waals surface area contributed by atoms with Crippen LogP contribution in [0.25, 0.3) is 0 Å². The zero-order valence-electron chi connectivity index (χ0n) is 18.2. The molecule has 156 valence electrons. The van der Waals surface area contributed by atoms with Crippen LogP contribution >= 0.6 is 7.14 Å². The van der Waals surface area contributed by atoms with Gasteiger partial charge in [0.05, 0.1) is 0 Å². The number of carbonyl (C=O) groups excluding carboxylic acids is 1. The van der Waals surface area contributed by atoms with Crippen LogP contribution < -0.4 is 10.6 Å². The Bertz CT molecular complexity index is 957. The molecule has 0 aliphatic carbocycles. The summed E-state index contributed by atoms with van der Waals surface area (Å²) in [5.41, 5.74) is 1.78. The summed E-state index contributed by atoms with van der Waals surface area (Å²) in [5, 5.41) is 1.15. The second-order valence-corrected chi connectivity index (χ2v) is 11.7. The Morgan fingerprint density at radius 2 is 1.23 bits per heavy atom. The summed E-state index contributed by atoms with van der Waals surface area (Å²) in [4.78, 5) is 13.5. The number of unbranched alkanes of at least 4 members (excludes halogenated alkanes) is 1. The lowest BCUT2D eigenvalue weighted by Crippen LogP contribution is -2.22. The molecule has 3 aromatic carbocycles. The van der Waals surface area contributed by atoms with Gasteiger partial charge in [0, 0.05) is 16.2 Å². The molecular weight excluding hydrogens is 387 g/mol. The third-order valence-electron chi connectivity index (χ3n) is 5.37. The molecule has 3 heteroatoms. The lowest BCUT2D eigenvalue weighted by molar-refractivity contribution is 0.107. The van der Waals surface area contributed by atoms with Gasteiger partial charge in [0.1, 0.15) is 0 Å². The van der Waals surface area contributed by atoms with Gasteiger partial charge in [-0.15, -0.1) is 0 Å². The molecule has 0 saturated carbocycles. The SMILES string of the molecule is CC(C)(C)CCCCc1ccc(C(=O)P(=O)(c2ccccc2)c2ccccc2)cc1. The zero-order chi connectivity index (χ0) is 21.6. The molecule has 0 aromatic heterocycles. The molecule has 0 atom stereocenters. The summed E-state index contributed by atoms with van der Waals surface area (Å²) < 4.78 is 14.2. The third kappa shape index (κ3) is 5.37. The van der Waals surface area contributed by atoms with Gasteiger partial charge in [-0.3, -0.25) is 4.79 Å². The van der Waals surface area contributed by atoms with Gasteiger partial charge in [0.2, 0.25) is 12.7 Å². The van der Waals surface area contributed by atoms with Crippen molar-refractivity contribution in [2.75, 3.05) is 0 Å². The van der Waals surface area contributed by atoms with Crippen LogP contribution in [0.1, 0.15) is 56.0 Å². The van der Waals surface area contributed by atoms with E-state index in [0.717, 1.165) is 12.8 Å². The largest absolute Gasteiger partial charge is 0.305 e. The fourth-order valence-electron chi connectivity index (χ4n) is 3.64. The molecule has 0 heterocycles. The molecule has 0 aliphatic rings. The molecule has 0 spiro atoms. The van der Waals surface area contributed by atoms with Crippen molar-refractivity contribution in [3.63, 3.8) is 0 Å². The molecule has 0 N–H and O–H groups in total. The summed E-state index contributed by atoms with van der Waals surface area (Å²) in [7, 11) is -3.44. The van der Waals surface area contributed by atoms with Gasteiger partial charge in [-0.1, -0.05) is 112 Å². The van der Waals surface area contributed by atoms with E-state index < -0.39 is 7.14 Å². The molecule has 3 aromatic rings. The molecule has 0 unspecified atom stereocenters. The minimum Gasteiger partial charge on any atom is -0.305 e. The smallest absolute Gasteiger partial charge is 0.230 e. The van der Waals surface area contributed by atoms with Crippen molar-refractivity contribution in [2.24, 2.45) is 5.41 Å². The summed E-state index contributed by atoms with van der Waals surface area (Å²) in [6.07, 6.45) is 4.54. The maximum Gasteiger partial charge on any atom is 0.230 e. The van der Waals surface area contributed by atoms with Crippen molar-refractivity contribution >= 4 is 23.3 Å². The Labute approximate surface area is 180 Å². The van der Waals surface area contributed by atoms with Gasteiger partial charge in [-0.05, 0) is 30.2 Å². The topological polar surface area (TPSA) is 34.1 Å². The van der Waals surface area contributed by atoms with Gasteiger partial charge in [0.15, 0.2) is 0 Å². The molecule has 0 fully saturated rings. The van der Waals surface area contributed by atoms with Crippen LogP contribution in [0.2, 0.25) is 0 Å². The second kappa shape index (κ2) is 9.58. The molecular formula is C27H31O2P. The Morgan fingerprint density at radius 3 is 1.70 bits per heavy atom. The standard InChI is InChI=1S/C27H31O2P/c1-27(2,3)21-11-10-12-22-17-19-23(20-18-22)26(28)30(29,24-13-6-4-7-14-24)25-15-8-5-9-16-25/h4-9,13-20H,10-12,21H2,1-3H3. The van der Waals surface area contributed by atoms with Gasteiger partial charge < -0.3 is 4.57 Å². The van der Waals surface area contributed by atoms with Crippen LogP contribution in [0.3, 0.4) is 0 Å². The highest BCUT2D eigenvalue weighted by atomic mass is 31.2. The molecule has 2 nitrogen and oxygen atoms in total. The van der Waals surface area contributed by atoms with Crippen LogP contribution in [0, 0.1) is 5.41 Å². The van der Waals surface area contributed by atoms with Crippen molar-refractivity contribution in [1.29, 1.82) is 0 Å². The maximum atomic E-state index is 14.2. The zero-order valence-corrected chi connectivity index (χ0v) is 19.1. The Balaban J connectivity index is 1.81. The van der Waals surface area contributed by atoms with Gasteiger partial charge in [0.25, 0.3) is 0 Å². The second-order valence-electron chi connectivity index (χ2n) is 9.05. The van der Waals surface area contributed by atoms with Crippen molar-refractivity contribution in [1.82, 2.24) is 0 Å². The van der Waals surface area contributed by atoms with E-state index in [1.54, 1.807) is 24.3 Å². The van der Waals surface area contributed by atoms with Gasteiger partial charge >= 0.3 is 0 Å². The summed E-state index contributed by atoms with van der Waals surface area (Å²) in [5.74, 6) is 0. The van der Waals surface area contributed by atoms with Crippen LogP contribution in [-0.2, 0) is 11.0 Å². The van der Waals surface area contributed by atoms with Crippen LogP contribution in [0.4, 0.5) is 0 Å². The van der Waals surface area contributed by atoms with E-state index in [-0.39, 0.29) is 5.52 Å². The first-order valence-corrected chi connectivity index (χ1v) is 12.4. The van der Waals surface area contributed by atoms with Crippen molar-refractivity contribution in [2.45, 2.75) is 46.5 Å². The lowest BCUT2D eigenvalue weighted by Gasteiger charge is -2.18. The summed E-state index contributed by atoms with van der Waals surface area (Å²) in [6.45, 7) is 6.81. The minimum atomic E-state index is -3.44. The predicted octanol–water partition coefficient (Wildman–Crippen LogP) is 6.60. The molecule has 30 heavy (non-hydrogen) atoms. The van der Waals surface area contributed by atoms with Crippen molar-refractivity contribution < 1.29 is 9.36 Å². The van der Waals surface area contributed by atoms with E-state index in [1.807, 2.05) is 60.7 Å². The van der Waals surface area contributed by atoms with E-state index in [4.69, 9.17) is 0 Å². The number of benzene rings is 3. The molecule has 0 radical (unpaired) electrons. The van der Waals surface area contributed by atoms with Gasteiger partial charge in [-0.2, -0.15) is 0 Å². The average Bonchev–Trinajstić information content (AvgIpc) is 2.76. The normalized spacial score (nSPS) is 12.0. The number of hydrogen-bond donors (Lipinski definition) is 0. The van der Waals surface area contributed by atoms with Crippen molar-refractivity contribution in [3.8, 4) is 0 Å². The van der Waals surface area contributed by atoms with E-state index in [1.165, 1.54) is 18.4 Å². The predicted molar refractivity (Wildman–Crippen MR) is 128 cm³/mol. The third-order valence-corrected chi connectivity index (χ3v) is 8.25. The minimum absolute atomic E-state index is 0.306. The van der Waals surface area contributed by atoms with Crippen LogP contribution in [0.15, 0.2) is 84.9 Å². The van der Waals surface area contributed by atoms with Crippen LogP contribution in [-0.4, -0.2) is 5.52 Å². The monoisotopic (exact) mass is 418 g/mol. The number of rotatable bonds is 8. The molecule has 0 amide bonds. The highest BCUT2D eigenvalue weighted by molar-refractivity contribution is 7.93. The Morgan fingerprint density at radius 1 is 0.733 bits per heavy atom. The summed E-state index contributed by atoms with van der Waals surface area (Å²) >= 11 is 0. The van der Waals surface area contributed by atoms with E-state index >= 15 is 0 Å². The number of hydrogen-bond acceptors (Lipinski definition) is 2. The van der Waals surface area contributed by atoms with E-state index in [9.17, 15) is 9.36 Å². The van der Waals surface area contributed by atoms with E-state index in [2.05, 4.69) is 20.8 Å². The number of carbonyl (C=O) groups is 1. The molecule has 3 rings (SSSR count). The number of aryl methyl sites for hydroxylation is 1. The molecule has 0 saturated heterocycles. The Kier molecular flexibility index (Phi) is 7.10. The summed E-state index contributed by atoms with van der Waals surface area (Å²) in [6, 6.07) is 25.9. The quantitative estimate of drug-likeness (QED) is 0.305. The fourth-order valence-corrected chi connectivity index (χ4v) is 6.10. The Hall–Kier alpha value is -2.44. The first-order valence-electron chi connectivity index (χ1n) is 10.7. The first-order chi connectivity index (χ1) is 14.3. The molecule has 0 bridgehead atoms. The highest BCUT2D eigenvalue weighted by Gasteiger charge is 2.36. The average molecular weight is 419 g/mol. The lowest BCUT2D eigenvalue weighted by atomic mass is 9.89. The maximum absolute atomic E-state index is 14.2.